The van der Waals surface area contributed by atoms with Gasteiger partial charge in [-0.25, -0.2) is 5.43 Å². The van der Waals surface area contributed by atoms with Crippen LogP contribution in [0.5, 0.6) is 0 Å². The summed E-state index contributed by atoms with van der Waals surface area (Å²) in [5, 5.41) is 1.26. The number of hydrogen-bond donors (Lipinski definition) is 2. The molecule has 0 amide bonds. The zero-order valence-electron chi connectivity index (χ0n) is 8.90. The second-order valence-electron chi connectivity index (χ2n) is 3.55. The van der Waals surface area contributed by atoms with E-state index in [1.54, 1.807) is 12.4 Å². The molecule has 5 heteroatoms. The van der Waals surface area contributed by atoms with E-state index in [1.807, 2.05) is 30.3 Å². The lowest BCUT2D eigenvalue weighted by molar-refractivity contribution is 0.636. The molecule has 1 unspecified atom stereocenters. The maximum absolute atomic E-state index is 6.09. The van der Waals surface area contributed by atoms with Crippen molar-refractivity contribution in [3.8, 4) is 0 Å². The van der Waals surface area contributed by atoms with E-state index in [4.69, 9.17) is 29.0 Å². The molecule has 1 atom stereocenters. The Hall–Kier alpha value is -1.13. The molecule has 0 saturated carbocycles. The first-order valence-corrected chi connectivity index (χ1v) is 5.79. The van der Waals surface area contributed by atoms with Gasteiger partial charge in [-0.15, -0.1) is 0 Å². The van der Waals surface area contributed by atoms with Crippen LogP contribution in [0.4, 0.5) is 0 Å². The SMILES string of the molecule is NNC(c1ccc(Cl)cc1)c1ccncc1Cl. The molecule has 0 fully saturated rings. The third-order valence-electron chi connectivity index (χ3n) is 2.48. The topological polar surface area (TPSA) is 50.9 Å². The molecule has 0 radical (unpaired) electrons. The van der Waals surface area contributed by atoms with Gasteiger partial charge in [0.2, 0.25) is 0 Å². The Balaban J connectivity index is 2.40. The van der Waals surface area contributed by atoms with Gasteiger partial charge in [0.25, 0.3) is 0 Å². The van der Waals surface area contributed by atoms with E-state index in [-0.39, 0.29) is 6.04 Å². The second kappa shape index (κ2) is 5.47. The predicted octanol–water partition coefficient (Wildman–Crippen LogP) is 2.94. The van der Waals surface area contributed by atoms with Crippen molar-refractivity contribution < 1.29 is 0 Å². The van der Waals surface area contributed by atoms with Crippen molar-refractivity contribution in [2.75, 3.05) is 0 Å². The maximum atomic E-state index is 6.09. The van der Waals surface area contributed by atoms with Crippen LogP contribution in [0.2, 0.25) is 10.0 Å². The average molecular weight is 268 g/mol. The van der Waals surface area contributed by atoms with Gasteiger partial charge in [-0.1, -0.05) is 35.3 Å². The fourth-order valence-corrected chi connectivity index (χ4v) is 2.00. The van der Waals surface area contributed by atoms with Crippen molar-refractivity contribution in [2.45, 2.75) is 6.04 Å². The Kier molecular flexibility index (Phi) is 3.97. The molecular formula is C12H11Cl2N3. The summed E-state index contributed by atoms with van der Waals surface area (Å²) in [5.74, 6) is 5.58. The highest BCUT2D eigenvalue weighted by Gasteiger charge is 2.15. The van der Waals surface area contributed by atoms with Crippen molar-refractivity contribution in [1.29, 1.82) is 0 Å². The van der Waals surface area contributed by atoms with Crippen molar-refractivity contribution in [2.24, 2.45) is 5.84 Å². The maximum Gasteiger partial charge on any atom is 0.0725 e. The summed E-state index contributed by atoms with van der Waals surface area (Å²) in [4.78, 5) is 3.95. The average Bonchev–Trinajstić information content (AvgIpc) is 2.35. The van der Waals surface area contributed by atoms with Gasteiger partial charge in [0.1, 0.15) is 0 Å². The summed E-state index contributed by atoms with van der Waals surface area (Å²) in [5.41, 5.74) is 4.61. The number of aromatic nitrogens is 1. The van der Waals surface area contributed by atoms with Crippen LogP contribution < -0.4 is 11.3 Å². The first-order valence-electron chi connectivity index (χ1n) is 5.03. The van der Waals surface area contributed by atoms with Gasteiger partial charge in [-0.2, -0.15) is 0 Å². The molecule has 0 bridgehead atoms. The molecular weight excluding hydrogens is 257 g/mol. The van der Waals surface area contributed by atoms with Crippen LogP contribution in [0.25, 0.3) is 0 Å². The van der Waals surface area contributed by atoms with E-state index >= 15 is 0 Å². The number of nitrogens with two attached hydrogens (primary N) is 1. The molecule has 1 heterocycles. The first kappa shape index (κ1) is 12.3. The predicted molar refractivity (Wildman–Crippen MR) is 69.9 cm³/mol. The molecule has 88 valence electrons. The Morgan fingerprint density at radius 1 is 1.12 bits per heavy atom. The normalized spacial score (nSPS) is 12.4. The minimum absolute atomic E-state index is 0.178. The lowest BCUT2D eigenvalue weighted by atomic mass is 10.0. The molecule has 17 heavy (non-hydrogen) atoms. The van der Waals surface area contributed by atoms with Crippen molar-refractivity contribution >= 4 is 23.2 Å². The van der Waals surface area contributed by atoms with Crippen LogP contribution in [0, 0.1) is 0 Å². The Labute approximate surface area is 110 Å². The molecule has 0 aliphatic heterocycles. The number of rotatable bonds is 3. The molecule has 1 aromatic heterocycles. The van der Waals surface area contributed by atoms with Crippen LogP contribution >= 0.6 is 23.2 Å². The van der Waals surface area contributed by atoms with Crippen LogP contribution in [0.15, 0.2) is 42.7 Å². The molecule has 0 saturated heterocycles. The molecule has 3 nitrogen and oxygen atoms in total. The van der Waals surface area contributed by atoms with E-state index in [0.29, 0.717) is 10.0 Å². The number of pyridine rings is 1. The largest absolute Gasteiger partial charge is 0.271 e. The van der Waals surface area contributed by atoms with Crippen LogP contribution in [0.3, 0.4) is 0 Å². The van der Waals surface area contributed by atoms with Gasteiger partial charge in [0.15, 0.2) is 0 Å². The van der Waals surface area contributed by atoms with Crippen molar-refractivity contribution in [1.82, 2.24) is 10.4 Å². The lowest BCUT2D eigenvalue weighted by Crippen LogP contribution is -2.29. The Morgan fingerprint density at radius 2 is 1.82 bits per heavy atom. The third kappa shape index (κ3) is 2.76. The second-order valence-corrected chi connectivity index (χ2v) is 4.39. The molecule has 0 aliphatic rings. The number of halogens is 2. The quantitative estimate of drug-likeness (QED) is 0.664. The number of benzene rings is 1. The number of hydrazine groups is 1. The first-order chi connectivity index (χ1) is 8.22. The van der Waals surface area contributed by atoms with Gasteiger partial charge >= 0.3 is 0 Å². The van der Waals surface area contributed by atoms with E-state index in [1.165, 1.54) is 0 Å². The molecule has 3 N–H and O–H groups in total. The molecule has 0 spiro atoms. The van der Waals surface area contributed by atoms with Gasteiger partial charge in [-0.05, 0) is 29.3 Å². The highest BCUT2D eigenvalue weighted by Crippen LogP contribution is 2.27. The fourth-order valence-electron chi connectivity index (χ4n) is 1.64. The monoisotopic (exact) mass is 267 g/mol. The molecule has 2 aromatic rings. The van der Waals surface area contributed by atoms with Crippen molar-refractivity contribution in [3.05, 3.63) is 63.9 Å². The van der Waals surface area contributed by atoms with Crippen LogP contribution in [-0.4, -0.2) is 4.98 Å². The number of nitrogens with zero attached hydrogens (tertiary/aromatic N) is 1. The highest BCUT2D eigenvalue weighted by molar-refractivity contribution is 6.31. The third-order valence-corrected chi connectivity index (χ3v) is 3.05. The van der Waals surface area contributed by atoms with Crippen LogP contribution in [-0.2, 0) is 0 Å². The Bertz CT molecular complexity index is 499. The zero-order valence-corrected chi connectivity index (χ0v) is 10.4. The van der Waals surface area contributed by atoms with E-state index in [9.17, 15) is 0 Å². The molecule has 0 aliphatic carbocycles. The number of nitrogens with one attached hydrogen (secondary N) is 1. The van der Waals surface area contributed by atoms with Crippen LogP contribution in [0.1, 0.15) is 17.2 Å². The zero-order chi connectivity index (χ0) is 12.3. The fraction of sp³-hybridized carbons (Fsp3) is 0.0833. The summed E-state index contributed by atoms with van der Waals surface area (Å²) >= 11 is 11.9. The summed E-state index contributed by atoms with van der Waals surface area (Å²) in [6.45, 7) is 0. The van der Waals surface area contributed by atoms with Gasteiger partial charge in [0, 0.05) is 17.4 Å². The van der Waals surface area contributed by atoms with Crippen molar-refractivity contribution in [3.63, 3.8) is 0 Å². The summed E-state index contributed by atoms with van der Waals surface area (Å²) < 4.78 is 0. The Morgan fingerprint density at radius 3 is 2.41 bits per heavy atom. The van der Waals surface area contributed by atoms with Gasteiger partial charge in [0.05, 0.1) is 11.1 Å². The summed E-state index contributed by atoms with van der Waals surface area (Å²) in [6, 6.07) is 9.10. The summed E-state index contributed by atoms with van der Waals surface area (Å²) in [7, 11) is 0. The smallest absolute Gasteiger partial charge is 0.0725 e. The lowest BCUT2D eigenvalue weighted by Gasteiger charge is -2.17. The minimum atomic E-state index is -0.178. The standard InChI is InChI=1S/C12H11Cl2N3/c13-9-3-1-8(2-4-9)12(17-15)10-5-6-16-7-11(10)14/h1-7,12,17H,15H2. The van der Waals surface area contributed by atoms with Gasteiger partial charge in [-0.3, -0.25) is 10.8 Å². The van der Waals surface area contributed by atoms with E-state index in [0.717, 1.165) is 11.1 Å². The minimum Gasteiger partial charge on any atom is -0.271 e. The molecule has 1 aromatic carbocycles. The van der Waals surface area contributed by atoms with E-state index < -0.39 is 0 Å². The molecule has 2 rings (SSSR count). The number of hydrogen-bond acceptors (Lipinski definition) is 3. The highest BCUT2D eigenvalue weighted by atomic mass is 35.5. The summed E-state index contributed by atoms with van der Waals surface area (Å²) in [6.07, 6.45) is 3.28. The van der Waals surface area contributed by atoms with E-state index in [2.05, 4.69) is 10.4 Å². The van der Waals surface area contributed by atoms with Gasteiger partial charge < -0.3 is 0 Å².